The zero-order valence-corrected chi connectivity index (χ0v) is 12.2. The van der Waals surface area contributed by atoms with Gasteiger partial charge in [-0.15, -0.1) is 0 Å². The minimum atomic E-state index is -0.236. The van der Waals surface area contributed by atoms with Crippen LogP contribution < -0.4 is 10.6 Å². The molecule has 22 heavy (non-hydrogen) atoms. The van der Waals surface area contributed by atoms with Crippen LogP contribution in [0.3, 0.4) is 0 Å². The third-order valence-corrected chi connectivity index (χ3v) is 2.79. The van der Waals surface area contributed by atoms with Crippen molar-refractivity contribution in [3.8, 4) is 0 Å². The molecule has 0 saturated heterocycles. The Hall–Kier alpha value is -2.73. The van der Waals surface area contributed by atoms with Gasteiger partial charge in [-0.3, -0.25) is 14.6 Å². The van der Waals surface area contributed by atoms with Crippen LogP contribution in [-0.2, 0) is 9.53 Å². The number of hydrogen-bond donors (Lipinski definition) is 2. The standard InChI is InChI=1S/C16H17N3O3/c1-2-22-11-15(20)18-13-7-5-12(6-8-13)16(21)19-14-4-3-9-17-10-14/h3-10H,2,11H2,1H3,(H,18,20)(H,19,21). The quantitative estimate of drug-likeness (QED) is 0.857. The number of nitrogens with one attached hydrogen (secondary N) is 2. The number of nitrogens with zero attached hydrogens (tertiary/aromatic N) is 1. The van der Waals surface area contributed by atoms with Gasteiger partial charge in [0.2, 0.25) is 5.91 Å². The lowest BCUT2D eigenvalue weighted by Crippen LogP contribution is -2.18. The van der Waals surface area contributed by atoms with Gasteiger partial charge in [-0.25, -0.2) is 0 Å². The van der Waals surface area contributed by atoms with Crippen molar-refractivity contribution >= 4 is 23.2 Å². The third-order valence-electron chi connectivity index (χ3n) is 2.79. The van der Waals surface area contributed by atoms with Crippen LogP contribution in [0.2, 0.25) is 0 Å². The maximum absolute atomic E-state index is 12.0. The van der Waals surface area contributed by atoms with E-state index in [0.717, 1.165) is 0 Å². The highest BCUT2D eigenvalue weighted by Crippen LogP contribution is 2.12. The number of carbonyl (C=O) groups excluding carboxylic acids is 2. The second kappa shape index (κ2) is 7.90. The van der Waals surface area contributed by atoms with Gasteiger partial charge < -0.3 is 15.4 Å². The van der Waals surface area contributed by atoms with E-state index in [1.54, 1.807) is 48.8 Å². The van der Waals surface area contributed by atoms with E-state index in [4.69, 9.17) is 4.74 Å². The van der Waals surface area contributed by atoms with Crippen LogP contribution in [0.15, 0.2) is 48.8 Å². The number of benzene rings is 1. The van der Waals surface area contributed by atoms with E-state index in [2.05, 4.69) is 15.6 Å². The monoisotopic (exact) mass is 299 g/mol. The minimum absolute atomic E-state index is 0.0136. The van der Waals surface area contributed by atoms with Gasteiger partial charge in [-0.05, 0) is 43.3 Å². The first-order chi connectivity index (χ1) is 10.7. The molecule has 2 aromatic rings. The Morgan fingerprint density at radius 1 is 1.09 bits per heavy atom. The summed E-state index contributed by atoms with van der Waals surface area (Å²) in [5.41, 5.74) is 1.73. The normalized spacial score (nSPS) is 10.0. The van der Waals surface area contributed by atoms with Gasteiger partial charge in [0.25, 0.3) is 5.91 Å². The molecule has 0 unspecified atom stereocenters. The van der Waals surface area contributed by atoms with Crippen LogP contribution in [-0.4, -0.2) is 30.0 Å². The van der Waals surface area contributed by atoms with Crippen molar-refractivity contribution in [3.05, 3.63) is 54.4 Å². The molecule has 0 aliphatic rings. The van der Waals surface area contributed by atoms with Gasteiger partial charge in [0.15, 0.2) is 0 Å². The Labute approximate surface area is 128 Å². The van der Waals surface area contributed by atoms with E-state index in [1.165, 1.54) is 0 Å². The molecule has 0 aliphatic carbocycles. The van der Waals surface area contributed by atoms with Crippen LogP contribution in [0, 0.1) is 0 Å². The molecule has 0 aliphatic heterocycles. The minimum Gasteiger partial charge on any atom is -0.372 e. The van der Waals surface area contributed by atoms with Crippen molar-refractivity contribution in [2.75, 3.05) is 23.8 Å². The summed E-state index contributed by atoms with van der Waals surface area (Å²) < 4.78 is 5.01. The highest BCUT2D eigenvalue weighted by Gasteiger charge is 2.07. The highest BCUT2D eigenvalue weighted by atomic mass is 16.5. The summed E-state index contributed by atoms with van der Waals surface area (Å²) in [6.45, 7) is 2.32. The molecule has 1 heterocycles. The average Bonchev–Trinajstić information content (AvgIpc) is 2.54. The van der Waals surface area contributed by atoms with Crippen molar-refractivity contribution in [1.29, 1.82) is 0 Å². The lowest BCUT2D eigenvalue weighted by Gasteiger charge is -2.07. The SMILES string of the molecule is CCOCC(=O)Nc1ccc(C(=O)Nc2cccnc2)cc1. The first-order valence-electron chi connectivity index (χ1n) is 6.88. The molecule has 2 rings (SSSR count). The predicted octanol–water partition coefficient (Wildman–Crippen LogP) is 2.31. The smallest absolute Gasteiger partial charge is 0.255 e. The first kappa shape index (κ1) is 15.7. The molecule has 114 valence electrons. The van der Waals surface area contributed by atoms with Gasteiger partial charge in [-0.1, -0.05) is 0 Å². The predicted molar refractivity (Wildman–Crippen MR) is 83.8 cm³/mol. The highest BCUT2D eigenvalue weighted by molar-refractivity contribution is 6.04. The molecule has 0 spiro atoms. The van der Waals surface area contributed by atoms with Crippen molar-refractivity contribution in [3.63, 3.8) is 0 Å². The Bertz CT molecular complexity index is 627. The molecule has 6 nitrogen and oxygen atoms in total. The number of anilines is 2. The zero-order chi connectivity index (χ0) is 15.8. The molecule has 0 fully saturated rings. The van der Waals surface area contributed by atoms with E-state index < -0.39 is 0 Å². The van der Waals surface area contributed by atoms with Crippen LogP contribution in [0.4, 0.5) is 11.4 Å². The number of hydrogen-bond acceptors (Lipinski definition) is 4. The maximum atomic E-state index is 12.0. The van der Waals surface area contributed by atoms with Gasteiger partial charge in [0.1, 0.15) is 6.61 Å². The lowest BCUT2D eigenvalue weighted by atomic mass is 10.2. The van der Waals surface area contributed by atoms with Crippen molar-refractivity contribution in [1.82, 2.24) is 4.98 Å². The van der Waals surface area contributed by atoms with E-state index in [1.807, 2.05) is 6.92 Å². The third kappa shape index (κ3) is 4.68. The number of rotatable bonds is 6. The summed E-state index contributed by atoms with van der Waals surface area (Å²) in [6.07, 6.45) is 3.20. The van der Waals surface area contributed by atoms with Crippen molar-refractivity contribution in [2.45, 2.75) is 6.92 Å². The fourth-order valence-corrected chi connectivity index (χ4v) is 1.74. The Kier molecular flexibility index (Phi) is 5.62. The molecule has 0 bridgehead atoms. The fraction of sp³-hybridized carbons (Fsp3) is 0.188. The lowest BCUT2D eigenvalue weighted by molar-refractivity contribution is -0.120. The van der Waals surface area contributed by atoms with Gasteiger partial charge in [0, 0.05) is 24.1 Å². The number of amides is 2. The van der Waals surface area contributed by atoms with Gasteiger partial charge in [-0.2, -0.15) is 0 Å². The first-order valence-corrected chi connectivity index (χ1v) is 6.88. The van der Waals surface area contributed by atoms with Crippen LogP contribution in [0.5, 0.6) is 0 Å². The Morgan fingerprint density at radius 2 is 1.86 bits per heavy atom. The largest absolute Gasteiger partial charge is 0.372 e. The zero-order valence-electron chi connectivity index (χ0n) is 12.2. The number of carbonyl (C=O) groups is 2. The van der Waals surface area contributed by atoms with Crippen molar-refractivity contribution in [2.24, 2.45) is 0 Å². The molecular weight excluding hydrogens is 282 g/mol. The molecule has 1 aromatic heterocycles. The number of pyridine rings is 1. The molecule has 1 aromatic carbocycles. The molecular formula is C16H17N3O3. The fourth-order valence-electron chi connectivity index (χ4n) is 1.74. The van der Waals surface area contributed by atoms with Crippen LogP contribution >= 0.6 is 0 Å². The van der Waals surface area contributed by atoms with Gasteiger partial charge >= 0.3 is 0 Å². The molecule has 0 saturated carbocycles. The number of ether oxygens (including phenoxy) is 1. The second-order valence-corrected chi connectivity index (χ2v) is 4.46. The van der Waals surface area contributed by atoms with Gasteiger partial charge in [0.05, 0.1) is 11.9 Å². The molecule has 0 radical (unpaired) electrons. The maximum Gasteiger partial charge on any atom is 0.255 e. The average molecular weight is 299 g/mol. The summed E-state index contributed by atoms with van der Waals surface area (Å²) >= 11 is 0. The Morgan fingerprint density at radius 3 is 2.50 bits per heavy atom. The summed E-state index contributed by atoms with van der Waals surface area (Å²) in [5.74, 6) is -0.463. The second-order valence-electron chi connectivity index (χ2n) is 4.46. The summed E-state index contributed by atoms with van der Waals surface area (Å²) in [5, 5.41) is 5.42. The Balaban J connectivity index is 1.93. The molecule has 0 atom stereocenters. The topological polar surface area (TPSA) is 80.3 Å². The van der Waals surface area contributed by atoms with E-state index in [0.29, 0.717) is 23.5 Å². The molecule has 6 heteroatoms. The van der Waals surface area contributed by atoms with E-state index in [-0.39, 0.29) is 18.4 Å². The van der Waals surface area contributed by atoms with Crippen LogP contribution in [0.25, 0.3) is 0 Å². The molecule has 2 amide bonds. The summed E-state index contributed by atoms with van der Waals surface area (Å²) in [6, 6.07) is 10.1. The van der Waals surface area contributed by atoms with Crippen LogP contribution in [0.1, 0.15) is 17.3 Å². The summed E-state index contributed by atoms with van der Waals surface area (Å²) in [4.78, 5) is 27.5. The molecule has 2 N–H and O–H groups in total. The van der Waals surface area contributed by atoms with E-state index in [9.17, 15) is 9.59 Å². The number of aromatic nitrogens is 1. The summed E-state index contributed by atoms with van der Waals surface area (Å²) in [7, 11) is 0. The van der Waals surface area contributed by atoms with E-state index >= 15 is 0 Å². The van der Waals surface area contributed by atoms with Crippen molar-refractivity contribution < 1.29 is 14.3 Å².